The Morgan fingerprint density at radius 2 is 1.90 bits per heavy atom. The van der Waals surface area contributed by atoms with E-state index in [1.54, 1.807) is 20.4 Å². The number of rotatable bonds is 6. The van der Waals surface area contributed by atoms with Crippen molar-refractivity contribution in [2.24, 2.45) is 0 Å². The topological polar surface area (TPSA) is 68.3 Å². The first kappa shape index (κ1) is 14.9. The Balaban J connectivity index is 2.24. The highest BCUT2D eigenvalue weighted by molar-refractivity contribution is 5.65. The van der Waals surface area contributed by atoms with Gasteiger partial charge in [0.15, 0.2) is 0 Å². The van der Waals surface area contributed by atoms with Crippen LogP contribution < -0.4 is 20.1 Å². The SMILES string of the molecule is COc1ccc(OC)c(Nc2nccc(NC(C)C)n2)c1. The largest absolute Gasteiger partial charge is 0.497 e. The van der Waals surface area contributed by atoms with E-state index in [0.29, 0.717) is 17.7 Å². The predicted molar refractivity (Wildman–Crippen MR) is 83.6 cm³/mol. The van der Waals surface area contributed by atoms with E-state index in [0.717, 1.165) is 17.3 Å². The molecule has 0 amide bonds. The van der Waals surface area contributed by atoms with Gasteiger partial charge in [0.1, 0.15) is 17.3 Å². The van der Waals surface area contributed by atoms with Crippen LogP contribution in [0.4, 0.5) is 17.5 Å². The van der Waals surface area contributed by atoms with Gasteiger partial charge in [-0.15, -0.1) is 0 Å². The molecular formula is C15H20N4O2. The fraction of sp³-hybridized carbons (Fsp3) is 0.333. The zero-order valence-corrected chi connectivity index (χ0v) is 12.7. The summed E-state index contributed by atoms with van der Waals surface area (Å²) in [5, 5.41) is 6.38. The molecule has 112 valence electrons. The Hall–Kier alpha value is -2.50. The minimum Gasteiger partial charge on any atom is -0.497 e. The summed E-state index contributed by atoms with van der Waals surface area (Å²) in [6.07, 6.45) is 1.70. The van der Waals surface area contributed by atoms with Crippen molar-refractivity contribution in [3.05, 3.63) is 30.5 Å². The molecule has 6 nitrogen and oxygen atoms in total. The molecule has 2 N–H and O–H groups in total. The van der Waals surface area contributed by atoms with Gasteiger partial charge in [0.2, 0.25) is 5.95 Å². The molecule has 0 fully saturated rings. The number of benzene rings is 1. The highest BCUT2D eigenvalue weighted by Gasteiger charge is 2.07. The van der Waals surface area contributed by atoms with Crippen LogP contribution in [0, 0.1) is 0 Å². The van der Waals surface area contributed by atoms with Crippen molar-refractivity contribution in [3.63, 3.8) is 0 Å². The second-order valence-electron chi connectivity index (χ2n) is 4.76. The Labute approximate surface area is 124 Å². The molecular weight excluding hydrogens is 268 g/mol. The zero-order valence-electron chi connectivity index (χ0n) is 12.7. The quantitative estimate of drug-likeness (QED) is 0.851. The van der Waals surface area contributed by atoms with E-state index in [1.165, 1.54) is 0 Å². The zero-order chi connectivity index (χ0) is 15.2. The molecule has 0 saturated carbocycles. The molecule has 21 heavy (non-hydrogen) atoms. The molecule has 1 aromatic heterocycles. The van der Waals surface area contributed by atoms with Crippen molar-refractivity contribution in [3.8, 4) is 11.5 Å². The van der Waals surface area contributed by atoms with Crippen molar-refractivity contribution >= 4 is 17.5 Å². The lowest BCUT2D eigenvalue weighted by atomic mass is 10.2. The van der Waals surface area contributed by atoms with E-state index >= 15 is 0 Å². The van der Waals surface area contributed by atoms with Gasteiger partial charge in [0, 0.05) is 18.3 Å². The molecule has 0 saturated heterocycles. The maximum absolute atomic E-state index is 5.32. The van der Waals surface area contributed by atoms with Crippen LogP contribution >= 0.6 is 0 Å². The molecule has 0 spiro atoms. The smallest absolute Gasteiger partial charge is 0.229 e. The number of anilines is 3. The molecule has 0 unspecified atom stereocenters. The first-order valence-corrected chi connectivity index (χ1v) is 6.71. The number of ether oxygens (including phenoxy) is 2. The fourth-order valence-electron chi connectivity index (χ4n) is 1.83. The fourth-order valence-corrected chi connectivity index (χ4v) is 1.83. The van der Waals surface area contributed by atoms with Crippen LogP contribution in [-0.2, 0) is 0 Å². The van der Waals surface area contributed by atoms with Crippen LogP contribution in [-0.4, -0.2) is 30.2 Å². The molecule has 2 aromatic rings. The van der Waals surface area contributed by atoms with Crippen molar-refractivity contribution in [1.29, 1.82) is 0 Å². The molecule has 1 aromatic carbocycles. The number of aromatic nitrogens is 2. The van der Waals surface area contributed by atoms with Crippen molar-refractivity contribution in [2.75, 3.05) is 24.9 Å². The van der Waals surface area contributed by atoms with Crippen LogP contribution in [0.3, 0.4) is 0 Å². The molecule has 2 rings (SSSR count). The van der Waals surface area contributed by atoms with Gasteiger partial charge in [-0.1, -0.05) is 0 Å². The standard InChI is InChI=1S/C15H20N4O2/c1-10(2)17-14-7-8-16-15(19-14)18-12-9-11(20-3)5-6-13(12)21-4/h5-10H,1-4H3,(H2,16,17,18,19). The van der Waals surface area contributed by atoms with Gasteiger partial charge in [-0.25, -0.2) is 4.98 Å². The van der Waals surface area contributed by atoms with Gasteiger partial charge in [-0.3, -0.25) is 0 Å². The lowest BCUT2D eigenvalue weighted by molar-refractivity contribution is 0.405. The van der Waals surface area contributed by atoms with Gasteiger partial charge in [0.05, 0.1) is 19.9 Å². The monoisotopic (exact) mass is 288 g/mol. The van der Waals surface area contributed by atoms with Crippen LogP contribution in [0.1, 0.15) is 13.8 Å². The van der Waals surface area contributed by atoms with E-state index in [9.17, 15) is 0 Å². The summed E-state index contributed by atoms with van der Waals surface area (Å²) < 4.78 is 10.5. The molecule has 0 atom stereocenters. The Morgan fingerprint density at radius 1 is 1.10 bits per heavy atom. The minimum atomic E-state index is 0.305. The van der Waals surface area contributed by atoms with Crippen LogP contribution in [0.25, 0.3) is 0 Å². The summed E-state index contributed by atoms with van der Waals surface area (Å²) in [4.78, 5) is 8.62. The maximum Gasteiger partial charge on any atom is 0.229 e. The third kappa shape index (κ3) is 3.98. The van der Waals surface area contributed by atoms with E-state index in [-0.39, 0.29) is 0 Å². The second kappa shape index (κ2) is 6.78. The Kier molecular flexibility index (Phi) is 4.81. The number of nitrogens with one attached hydrogen (secondary N) is 2. The summed E-state index contributed by atoms with van der Waals surface area (Å²) in [6.45, 7) is 4.11. The van der Waals surface area contributed by atoms with E-state index in [4.69, 9.17) is 9.47 Å². The van der Waals surface area contributed by atoms with Gasteiger partial charge < -0.3 is 20.1 Å². The molecule has 0 radical (unpaired) electrons. The molecule has 0 bridgehead atoms. The number of methoxy groups -OCH3 is 2. The maximum atomic E-state index is 5.32. The first-order valence-electron chi connectivity index (χ1n) is 6.71. The first-order chi connectivity index (χ1) is 10.1. The van der Waals surface area contributed by atoms with Crippen LogP contribution in [0.5, 0.6) is 11.5 Å². The summed E-state index contributed by atoms with van der Waals surface area (Å²) >= 11 is 0. The van der Waals surface area contributed by atoms with Crippen molar-refractivity contribution < 1.29 is 9.47 Å². The van der Waals surface area contributed by atoms with Gasteiger partial charge in [-0.05, 0) is 32.0 Å². The average Bonchev–Trinajstić information content (AvgIpc) is 2.47. The van der Waals surface area contributed by atoms with Gasteiger partial charge in [-0.2, -0.15) is 4.98 Å². The number of hydrogen-bond acceptors (Lipinski definition) is 6. The molecule has 0 aliphatic rings. The molecule has 0 aliphatic carbocycles. The molecule has 0 aliphatic heterocycles. The van der Waals surface area contributed by atoms with Crippen molar-refractivity contribution in [1.82, 2.24) is 9.97 Å². The number of nitrogens with zero attached hydrogens (tertiary/aromatic N) is 2. The highest BCUT2D eigenvalue weighted by Crippen LogP contribution is 2.30. The minimum absolute atomic E-state index is 0.305. The van der Waals surface area contributed by atoms with E-state index < -0.39 is 0 Å². The van der Waals surface area contributed by atoms with Crippen molar-refractivity contribution in [2.45, 2.75) is 19.9 Å². The predicted octanol–water partition coefficient (Wildman–Crippen LogP) is 3.06. The Morgan fingerprint density at radius 3 is 2.57 bits per heavy atom. The summed E-state index contributed by atoms with van der Waals surface area (Å²) in [5.74, 6) is 2.69. The molecule has 1 heterocycles. The van der Waals surface area contributed by atoms with E-state index in [2.05, 4.69) is 34.4 Å². The summed E-state index contributed by atoms with van der Waals surface area (Å²) in [5.41, 5.74) is 0.749. The van der Waals surface area contributed by atoms with Crippen LogP contribution in [0.15, 0.2) is 30.5 Å². The van der Waals surface area contributed by atoms with Gasteiger partial charge >= 0.3 is 0 Å². The lowest BCUT2D eigenvalue weighted by Gasteiger charge is -2.13. The molecule has 6 heteroatoms. The average molecular weight is 288 g/mol. The van der Waals surface area contributed by atoms with Crippen LogP contribution in [0.2, 0.25) is 0 Å². The van der Waals surface area contributed by atoms with E-state index in [1.807, 2.05) is 24.3 Å². The Bertz CT molecular complexity index is 602. The third-order valence-electron chi connectivity index (χ3n) is 2.75. The lowest BCUT2D eigenvalue weighted by Crippen LogP contribution is -2.11. The number of hydrogen-bond donors (Lipinski definition) is 2. The highest BCUT2D eigenvalue weighted by atomic mass is 16.5. The third-order valence-corrected chi connectivity index (χ3v) is 2.75. The summed E-state index contributed by atoms with van der Waals surface area (Å²) in [7, 11) is 3.24. The summed E-state index contributed by atoms with van der Waals surface area (Å²) in [6, 6.07) is 7.64. The second-order valence-corrected chi connectivity index (χ2v) is 4.76. The van der Waals surface area contributed by atoms with Gasteiger partial charge in [0.25, 0.3) is 0 Å². The normalized spacial score (nSPS) is 10.3.